The van der Waals surface area contributed by atoms with Gasteiger partial charge in [0.15, 0.2) is 0 Å². The quantitative estimate of drug-likeness (QED) is 0.266. The van der Waals surface area contributed by atoms with Gasteiger partial charge >= 0.3 is 0 Å². The second-order valence-electron chi connectivity index (χ2n) is 9.38. The van der Waals surface area contributed by atoms with Gasteiger partial charge in [0.05, 0.1) is 23.4 Å². The van der Waals surface area contributed by atoms with E-state index < -0.39 is 4.92 Å². The third-order valence-corrected chi connectivity index (χ3v) is 7.02. The van der Waals surface area contributed by atoms with Crippen molar-refractivity contribution in [1.29, 1.82) is 0 Å². The predicted molar refractivity (Wildman–Crippen MR) is 146 cm³/mol. The topological polar surface area (TPSA) is 93.7 Å². The van der Waals surface area contributed by atoms with Gasteiger partial charge in [0.2, 0.25) is 0 Å². The number of amides is 1. The number of carbonyl (C=O) groups is 1. The van der Waals surface area contributed by atoms with E-state index in [2.05, 4.69) is 4.90 Å². The minimum absolute atomic E-state index is 0.0581. The largest absolute Gasteiger partial charge is 0.497 e. The number of nitrogens with zero attached hydrogens (tertiary/aromatic N) is 5. The molecule has 5 rings (SSSR count). The summed E-state index contributed by atoms with van der Waals surface area (Å²) in [5.41, 5.74) is 5.67. The van der Waals surface area contributed by atoms with Gasteiger partial charge in [-0.3, -0.25) is 14.9 Å². The number of carbonyl (C=O) groups excluding carboxylic acids is 1. The van der Waals surface area contributed by atoms with Crippen LogP contribution < -0.4 is 9.64 Å². The van der Waals surface area contributed by atoms with E-state index in [9.17, 15) is 14.9 Å². The first kappa shape index (κ1) is 25.0. The first-order chi connectivity index (χ1) is 18.3. The zero-order valence-electron chi connectivity index (χ0n) is 21.6. The maximum Gasteiger partial charge on any atom is 0.272 e. The molecule has 9 nitrogen and oxygen atoms in total. The zero-order valence-corrected chi connectivity index (χ0v) is 21.6. The third kappa shape index (κ3) is 4.95. The number of non-ortho nitro benzene ring substituents is 1. The summed E-state index contributed by atoms with van der Waals surface area (Å²) < 4.78 is 6.77. The number of aryl methyl sites for hydroxylation is 2. The molecule has 0 saturated carbocycles. The number of piperazine rings is 1. The number of benzene rings is 3. The highest BCUT2D eigenvalue weighted by Crippen LogP contribution is 2.27. The number of methoxy groups -OCH3 is 1. The van der Waals surface area contributed by atoms with Crippen LogP contribution in [0, 0.1) is 24.0 Å². The molecule has 1 fully saturated rings. The lowest BCUT2D eigenvalue weighted by atomic mass is 10.0. The van der Waals surface area contributed by atoms with Crippen molar-refractivity contribution in [1.82, 2.24) is 14.7 Å². The summed E-state index contributed by atoms with van der Waals surface area (Å²) in [5.74, 6) is 0.644. The highest BCUT2D eigenvalue weighted by atomic mass is 16.6. The van der Waals surface area contributed by atoms with Gasteiger partial charge in [-0.1, -0.05) is 18.2 Å². The summed E-state index contributed by atoms with van der Waals surface area (Å²) in [5, 5.41) is 16.2. The van der Waals surface area contributed by atoms with Crippen LogP contribution in [0.2, 0.25) is 0 Å². The van der Waals surface area contributed by atoms with Crippen molar-refractivity contribution in [2.24, 2.45) is 0 Å². The SMILES string of the molecule is COc1ccc(N2CCN(C(=O)c3cc(-c4ccc(C)c(C)c4)nn3-c3cccc([N+](=O)[O-])c3)CC2)cc1. The van der Waals surface area contributed by atoms with Gasteiger partial charge in [-0.25, -0.2) is 4.68 Å². The summed E-state index contributed by atoms with van der Waals surface area (Å²) >= 11 is 0. The molecule has 0 N–H and O–H groups in total. The second-order valence-corrected chi connectivity index (χ2v) is 9.38. The maximum atomic E-state index is 13.8. The molecule has 194 valence electrons. The number of ether oxygens (including phenoxy) is 1. The van der Waals surface area contributed by atoms with Crippen LogP contribution in [0.1, 0.15) is 21.6 Å². The molecule has 1 aromatic heterocycles. The minimum Gasteiger partial charge on any atom is -0.497 e. The average Bonchev–Trinajstić information content (AvgIpc) is 3.40. The van der Waals surface area contributed by atoms with Crippen LogP contribution in [0.15, 0.2) is 72.8 Å². The first-order valence-corrected chi connectivity index (χ1v) is 12.4. The number of aromatic nitrogens is 2. The van der Waals surface area contributed by atoms with Crippen LogP contribution in [0.5, 0.6) is 5.75 Å². The number of rotatable bonds is 6. The molecule has 0 spiro atoms. The summed E-state index contributed by atoms with van der Waals surface area (Å²) in [6.07, 6.45) is 0. The Bertz CT molecular complexity index is 1490. The lowest BCUT2D eigenvalue weighted by Crippen LogP contribution is -2.49. The Morgan fingerprint density at radius 3 is 2.29 bits per heavy atom. The van der Waals surface area contributed by atoms with Crippen molar-refractivity contribution >= 4 is 17.3 Å². The molecule has 3 aromatic carbocycles. The lowest BCUT2D eigenvalue weighted by Gasteiger charge is -2.36. The molecule has 1 amide bonds. The second kappa shape index (κ2) is 10.4. The van der Waals surface area contributed by atoms with Gasteiger partial charge < -0.3 is 14.5 Å². The molecule has 1 aliphatic rings. The van der Waals surface area contributed by atoms with Crippen LogP contribution in [-0.4, -0.2) is 58.8 Å². The summed E-state index contributed by atoms with van der Waals surface area (Å²) in [6.45, 7) is 6.54. The smallest absolute Gasteiger partial charge is 0.272 e. The molecule has 4 aromatic rings. The van der Waals surface area contributed by atoms with Crippen LogP contribution >= 0.6 is 0 Å². The van der Waals surface area contributed by atoms with Crippen molar-refractivity contribution in [3.63, 3.8) is 0 Å². The van der Waals surface area contributed by atoms with Gasteiger partial charge in [0, 0.05) is 49.6 Å². The average molecular weight is 512 g/mol. The third-order valence-electron chi connectivity index (χ3n) is 7.02. The van der Waals surface area contributed by atoms with E-state index in [1.54, 1.807) is 25.3 Å². The van der Waals surface area contributed by atoms with E-state index >= 15 is 0 Å². The molecule has 1 saturated heterocycles. The standard InChI is InChI=1S/C29H29N5O4/c1-20-7-8-22(17-21(20)2)27-19-28(33(30-27)24-5-4-6-25(18-24)34(36)37)29(35)32-15-13-31(14-16-32)23-9-11-26(38-3)12-10-23/h4-12,17-19H,13-16H2,1-3H3. The molecule has 0 radical (unpaired) electrons. The lowest BCUT2D eigenvalue weighted by molar-refractivity contribution is -0.384. The highest BCUT2D eigenvalue weighted by Gasteiger charge is 2.27. The van der Waals surface area contributed by atoms with Crippen LogP contribution in [0.25, 0.3) is 16.9 Å². The van der Waals surface area contributed by atoms with Crippen molar-refractivity contribution in [2.45, 2.75) is 13.8 Å². The van der Waals surface area contributed by atoms with E-state index in [0.29, 0.717) is 43.3 Å². The van der Waals surface area contributed by atoms with Gasteiger partial charge in [0.1, 0.15) is 11.4 Å². The fourth-order valence-corrected chi connectivity index (χ4v) is 4.63. The van der Waals surface area contributed by atoms with Gasteiger partial charge in [-0.2, -0.15) is 5.10 Å². The Labute approximate surface area is 221 Å². The van der Waals surface area contributed by atoms with Gasteiger partial charge in [-0.05, 0) is 67.4 Å². The van der Waals surface area contributed by atoms with Crippen molar-refractivity contribution in [3.8, 4) is 22.7 Å². The molecule has 2 heterocycles. The van der Waals surface area contributed by atoms with Gasteiger partial charge in [-0.15, -0.1) is 0 Å². The predicted octanol–water partition coefficient (Wildman–Crippen LogP) is 5.04. The summed E-state index contributed by atoms with van der Waals surface area (Å²) in [7, 11) is 1.64. The Kier molecular flexibility index (Phi) is 6.83. The fraction of sp³-hybridized carbons (Fsp3) is 0.241. The van der Waals surface area contributed by atoms with E-state index in [4.69, 9.17) is 9.84 Å². The van der Waals surface area contributed by atoms with Crippen molar-refractivity contribution in [2.75, 3.05) is 38.2 Å². The Morgan fingerprint density at radius 2 is 1.63 bits per heavy atom. The summed E-state index contributed by atoms with van der Waals surface area (Å²) in [6, 6.07) is 21.9. The number of nitro groups is 1. The van der Waals surface area contributed by atoms with E-state index in [1.807, 2.05) is 61.2 Å². The zero-order chi connectivity index (χ0) is 26.8. The number of nitro benzene ring substituents is 1. The Hall–Kier alpha value is -4.66. The number of hydrogen-bond donors (Lipinski definition) is 0. The first-order valence-electron chi connectivity index (χ1n) is 12.4. The molecule has 0 unspecified atom stereocenters. The monoisotopic (exact) mass is 511 g/mol. The van der Waals surface area contributed by atoms with Crippen LogP contribution in [-0.2, 0) is 0 Å². The van der Waals surface area contributed by atoms with Crippen molar-refractivity contribution in [3.05, 3.63) is 99.7 Å². The molecule has 38 heavy (non-hydrogen) atoms. The molecular weight excluding hydrogens is 482 g/mol. The van der Waals surface area contributed by atoms with Crippen molar-refractivity contribution < 1.29 is 14.5 Å². The molecule has 9 heteroatoms. The molecule has 0 bridgehead atoms. The minimum atomic E-state index is -0.447. The van der Waals surface area contributed by atoms with Crippen LogP contribution in [0.3, 0.4) is 0 Å². The van der Waals surface area contributed by atoms with Gasteiger partial charge in [0.25, 0.3) is 11.6 Å². The number of anilines is 1. The Morgan fingerprint density at radius 1 is 0.895 bits per heavy atom. The summed E-state index contributed by atoms with van der Waals surface area (Å²) in [4.78, 5) is 28.8. The fourth-order valence-electron chi connectivity index (χ4n) is 4.63. The molecule has 0 aliphatic carbocycles. The molecule has 1 aliphatic heterocycles. The molecule has 0 atom stereocenters. The normalized spacial score (nSPS) is 13.4. The van der Waals surface area contributed by atoms with E-state index in [-0.39, 0.29) is 11.6 Å². The van der Waals surface area contributed by atoms with E-state index in [1.165, 1.54) is 16.8 Å². The maximum absolute atomic E-state index is 13.8. The van der Waals surface area contributed by atoms with E-state index in [0.717, 1.165) is 28.1 Å². The highest BCUT2D eigenvalue weighted by molar-refractivity contribution is 5.94. The molecular formula is C29H29N5O4. The Balaban J connectivity index is 1.45. The number of hydrogen-bond acceptors (Lipinski definition) is 6. The van der Waals surface area contributed by atoms with Crippen LogP contribution in [0.4, 0.5) is 11.4 Å².